The second-order valence-corrected chi connectivity index (χ2v) is 8.53. The van der Waals surface area contributed by atoms with Crippen LogP contribution in [0.5, 0.6) is 0 Å². The average molecular weight is 383 g/mol. The van der Waals surface area contributed by atoms with Crippen molar-refractivity contribution >= 4 is 28.9 Å². The Bertz CT molecular complexity index is 858. The van der Waals surface area contributed by atoms with Crippen LogP contribution >= 0.6 is 11.6 Å². The predicted molar refractivity (Wildman–Crippen MR) is 107 cm³/mol. The van der Waals surface area contributed by atoms with Crippen LogP contribution in [0.1, 0.15) is 18.4 Å². The molecule has 6 atom stereocenters. The van der Waals surface area contributed by atoms with Gasteiger partial charge in [-0.15, -0.1) is 11.6 Å². The van der Waals surface area contributed by atoms with Gasteiger partial charge in [-0.1, -0.05) is 36.4 Å². The van der Waals surface area contributed by atoms with E-state index in [0.717, 1.165) is 29.8 Å². The summed E-state index contributed by atoms with van der Waals surface area (Å²) in [6, 6.07) is 17.5. The van der Waals surface area contributed by atoms with Gasteiger partial charge in [-0.3, -0.25) is 9.63 Å². The van der Waals surface area contributed by atoms with Gasteiger partial charge in [-0.2, -0.15) is 0 Å². The number of aryl methyl sites for hydroxylation is 1. The molecule has 3 aliphatic rings. The first kappa shape index (κ1) is 17.1. The Balaban J connectivity index is 1.48. The van der Waals surface area contributed by atoms with Crippen LogP contribution in [0.4, 0.5) is 11.4 Å². The zero-order valence-electron chi connectivity index (χ0n) is 15.2. The molecule has 4 nitrogen and oxygen atoms in total. The highest BCUT2D eigenvalue weighted by atomic mass is 35.5. The molecule has 0 spiro atoms. The van der Waals surface area contributed by atoms with Crippen molar-refractivity contribution in [2.45, 2.75) is 37.3 Å². The molecule has 5 rings (SSSR count). The highest BCUT2D eigenvalue weighted by Gasteiger charge is 2.62. The number of nitrogens with zero attached hydrogens (tertiary/aromatic N) is 1. The molecule has 1 amide bonds. The Morgan fingerprint density at radius 2 is 1.85 bits per heavy atom. The molecule has 1 heterocycles. The molecule has 1 saturated heterocycles. The van der Waals surface area contributed by atoms with Crippen molar-refractivity contribution in [3.05, 3.63) is 60.2 Å². The number of alkyl halides is 1. The number of hydrogen-bond donors (Lipinski definition) is 1. The van der Waals surface area contributed by atoms with Crippen LogP contribution in [-0.4, -0.2) is 23.4 Å². The van der Waals surface area contributed by atoms with Crippen molar-refractivity contribution in [3.63, 3.8) is 0 Å². The summed E-state index contributed by atoms with van der Waals surface area (Å²) in [6.07, 6.45) is 2.08. The largest absolute Gasteiger partial charge is 0.324 e. The lowest BCUT2D eigenvalue weighted by atomic mass is 9.81. The molecule has 5 heteroatoms. The molecule has 2 saturated carbocycles. The lowest BCUT2D eigenvalue weighted by Gasteiger charge is -2.29. The Labute approximate surface area is 164 Å². The van der Waals surface area contributed by atoms with Crippen molar-refractivity contribution in [1.82, 2.24) is 0 Å². The zero-order valence-corrected chi connectivity index (χ0v) is 16.0. The van der Waals surface area contributed by atoms with Crippen molar-refractivity contribution in [1.29, 1.82) is 0 Å². The van der Waals surface area contributed by atoms with Crippen LogP contribution in [-0.2, 0) is 9.63 Å². The van der Waals surface area contributed by atoms with Crippen molar-refractivity contribution in [2.75, 3.05) is 10.4 Å². The van der Waals surface area contributed by atoms with E-state index in [1.807, 2.05) is 66.6 Å². The Morgan fingerprint density at radius 3 is 2.63 bits per heavy atom. The summed E-state index contributed by atoms with van der Waals surface area (Å²) >= 11 is 6.55. The van der Waals surface area contributed by atoms with Gasteiger partial charge >= 0.3 is 0 Å². The summed E-state index contributed by atoms with van der Waals surface area (Å²) in [5.41, 5.74) is 2.83. The van der Waals surface area contributed by atoms with E-state index in [9.17, 15) is 4.79 Å². The number of amides is 1. The minimum Gasteiger partial charge on any atom is -0.324 e. The second kappa shape index (κ2) is 6.54. The van der Waals surface area contributed by atoms with E-state index in [-0.39, 0.29) is 29.3 Å². The quantitative estimate of drug-likeness (QED) is 0.800. The fourth-order valence-corrected chi connectivity index (χ4v) is 5.68. The maximum Gasteiger partial charge on any atom is 0.250 e. The summed E-state index contributed by atoms with van der Waals surface area (Å²) in [5.74, 6) is 0.974. The Hall–Kier alpha value is -2.04. The highest BCUT2D eigenvalue weighted by Crippen LogP contribution is 2.57. The molecular weight excluding hydrogens is 360 g/mol. The minimum absolute atomic E-state index is 0.000625. The van der Waals surface area contributed by atoms with Crippen LogP contribution in [0.2, 0.25) is 0 Å². The zero-order chi connectivity index (χ0) is 18.5. The van der Waals surface area contributed by atoms with E-state index in [2.05, 4.69) is 5.32 Å². The average Bonchev–Trinajstić information content (AvgIpc) is 3.34. The van der Waals surface area contributed by atoms with Crippen LogP contribution in [0.15, 0.2) is 54.6 Å². The first-order valence-corrected chi connectivity index (χ1v) is 10.1. The third-order valence-electron chi connectivity index (χ3n) is 6.45. The van der Waals surface area contributed by atoms with Gasteiger partial charge < -0.3 is 5.32 Å². The van der Waals surface area contributed by atoms with E-state index in [0.29, 0.717) is 11.8 Å². The van der Waals surface area contributed by atoms with Gasteiger partial charge in [-0.25, -0.2) is 5.06 Å². The number of carbonyl (C=O) groups is 1. The third-order valence-corrected chi connectivity index (χ3v) is 6.95. The number of hydrogen-bond acceptors (Lipinski definition) is 3. The summed E-state index contributed by atoms with van der Waals surface area (Å²) in [5, 5.41) is 5.13. The summed E-state index contributed by atoms with van der Waals surface area (Å²) in [6.45, 7) is 2.01. The molecule has 1 N–H and O–H groups in total. The molecule has 2 aromatic carbocycles. The smallest absolute Gasteiger partial charge is 0.250 e. The number of nitrogens with one attached hydrogen (secondary N) is 1. The summed E-state index contributed by atoms with van der Waals surface area (Å²) < 4.78 is 0. The lowest BCUT2D eigenvalue weighted by molar-refractivity contribution is -0.118. The number of benzene rings is 2. The van der Waals surface area contributed by atoms with Gasteiger partial charge in [0, 0.05) is 22.9 Å². The molecule has 2 bridgehead atoms. The molecule has 0 unspecified atom stereocenters. The standard InChI is InChI=1S/C22H23ClN2O2/c1-13-7-5-6-10-18(13)24-22(26)20-19-14-11-16(17(23)12-14)21(19)27-25(20)15-8-3-2-4-9-15/h2-10,14,16-17,19-21H,11-12H2,1H3,(H,24,26)/t14-,16-,17+,19+,20+,21-/m1/s1. The van der Waals surface area contributed by atoms with E-state index in [1.165, 1.54) is 0 Å². The fourth-order valence-electron chi connectivity index (χ4n) is 5.20. The third kappa shape index (κ3) is 2.74. The molecule has 1 aliphatic heterocycles. The molecular formula is C22H23ClN2O2. The van der Waals surface area contributed by atoms with E-state index < -0.39 is 0 Å². The molecule has 0 radical (unpaired) electrons. The van der Waals surface area contributed by atoms with Gasteiger partial charge in [0.05, 0.1) is 11.8 Å². The molecule has 27 heavy (non-hydrogen) atoms. The SMILES string of the molecule is Cc1ccccc1NC(=O)[C@@H]1[C@@H]2[C@@H]3C[C@@H]([C@H]2ON1c1ccccc1)[C@@H](Cl)C3. The number of anilines is 2. The monoisotopic (exact) mass is 382 g/mol. The van der Waals surface area contributed by atoms with Crippen LogP contribution in [0.25, 0.3) is 0 Å². The van der Waals surface area contributed by atoms with Crippen molar-refractivity contribution in [2.24, 2.45) is 17.8 Å². The van der Waals surface area contributed by atoms with Gasteiger partial charge in [0.25, 0.3) is 0 Å². The first-order chi connectivity index (χ1) is 13.1. The fraction of sp³-hybridized carbons (Fsp3) is 0.409. The van der Waals surface area contributed by atoms with E-state index in [4.69, 9.17) is 16.4 Å². The maximum absolute atomic E-state index is 13.4. The number of halogens is 1. The van der Waals surface area contributed by atoms with Crippen LogP contribution in [0, 0.1) is 24.7 Å². The minimum atomic E-state index is -0.337. The predicted octanol–water partition coefficient (Wildman–Crippen LogP) is 4.39. The van der Waals surface area contributed by atoms with Crippen LogP contribution in [0.3, 0.4) is 0 Å². The number of hydroxylamine groups is 1. The van der Waals surface area contributed by atoms with E-state index in [1.54, 1.807) is 0 Å². The van der Waals surface area contributed by atoms with E-state index >= 15 is 0 Å². The molecule has 2 aromatic rings. The van der Waals surface area contributed by atoms with Gasteiger partial charge in [0.15, 0.2) is 0 Å². The van der Waals surface area contributed by atoms with Crippen LogP contribution < -0.4 is 10.4 Å². The van der Waals surface area contributed by atoms with Crippen molar-refractivity contribution < 1.29 is 9.63 Å². The first-order valence-electron chi connectivity index (χ1n) is 9.65. The second-order valence-electron chi connectivity index (χ2n) is 7.97. The highest BCUT2D eigenvalue weighted by molar-refractivity contribution is 6.21. The van der Waals surface area contributed by atoms with Gasteiger partial charge in [-0.05, 0) is 49.4 Å². The molecule has 140 valence electrons. The Morgan fingerprint density at radius 1 is 1.11 bits per heavy atom. The lowest BCUT2D eigenvalue weighted by Crippen LogP contribution is -2.45. The summed E-state index contributed by atoms with van der Waals surface area (Å²) in [4.78, 5) is 19.8. The maximum atomic E-state index is 13.4. The number of rotatable bonds is 3. The topological polar surface area (TPSA) is 41.6 Å². The number of para-hydroxylation sites is 2. The van der Waals surface area contributed by atoms with Crippen molar-refractivity contribution in [3.8, 4) is 0 Å². The Kier molecular flexibility index (Phi) is 4.14. The molecule has 0 aromatic heterocycles. The van der Waals surface area contributed by atoms with Gasteiger partial charge in [0.1, 0.15) is 6.04 Å². The normalized spacial score (nSPS) is 33.9. The molecule has 3 fully saturated rings. The molecule has 2 aliphatic carbocycles. The number of carbonyl (C=O) groups excluding carboxylic acids is 1. The van der Waals surface area contributed by atoms with Gasteiger partial charge in [0.2, 0.25) is 5.91 Å². The summed E-state index contributed by atoms with van der Waals surface area (Å²) in [7, 11) is 0. The number of fused-ring (bicyclic) bond motifs is 5.